The summed E-state index contributed by atoms with van der Waals surface area (Å²) in [6.07, 6.45) is 0. The molecule has 2 aromatic carbocycles. The van der Waals surface area contributed by atoms with Crippen LogP contribution in [0.3, 0.4) is 0 Å². The van der Waals surface area contributed by atoms with Crippen LogP contribution >= 0.6 is 27.7 Å². The van der Waals surface area contributed by atoms with E-state index in [9.17, 15) is 0 Å². The Morgan fingerprint density at radius 2 is 1.95 bits per heavy atom. The van der Waals surface area contributed by atoms with Gasteiger partial charge >= 0.3 is 0 Å². The molecule has 0 amide bonds. The number of para-hydroxylation sites is 1. The van der Waals surface area contributed by atoms with Crippen LogP contribution in [0, 0.1) is 0 Å². The van der Waals surface area contributed by atoms with Crippen molar-refractivity contribution in [1.29, 1.82) is 0 Å². The average Bonchev–Trinajstić information content (AvgIpc) is 2.86. The number of benzene rings is 2. The van der Waals surface area contributed by atoms with Crippen LogP contribution in [-0.2, 0) is 0 Å². The maximum absolute atomic E-state index is 5.72. The van der Waals surface area contributed by atoms with Crippen molar-refractivity contribution >= 4 is 38.6 Å². The van der Waals surface area contributed by atoms with Crippen molar-refractivity contribution in [3.8, 4) is 5.75 Å². The lowest BCUT2D eigenvalue weighted by molar-refractivity contribution is 0.343. The number of hydrogen-bond acceptors (Lipinski definition) is 2. The van der Waals surface area contributed by atoms with Gasteiger partial charge in [-0.15, -0.1) is 11.8 Å². The number of aromatic amines is 1. The highest BCUT2D eigenvalue weighted by Crippen LogP contribution is 2.23. The minimum atomic E-state index is 0.691. The van der Waals surface area contributed by atoms with Gasteiger partial charge in [0.2, 0.25) is 0 Å². The van der Waals surface area contributed by atoms with Crippen LogP contribution in [0.1, 0.15) is 0 Å². The number of rotatable bonds is 5. The van der Waals surface area contributed by atoms with Gasteiger partial charge in [0.05, 0.1) is 11.6 Å². The highest BCUT2D eigenvalue weighted by atomic mass is 79.9. The van der Waals surface area contributed by atoms with Crippen LogP contribution in [-0.4, -0.2) is 17.3 Å². The number of aromatic nitrogens is 1. The Balaban J connectivity index is 1.52. The summed E-state index contributed by atoms with van der Waals surface area (Å²) < 4.78 is 6.76. The van der Waals surface area contributed by atoms with Gasteiger partial charge in [-0.1, -0.05) is 40.2 Å². The fourth-order valence-electron chi connectivity index (χ4n) is 1.99. The molecule has 0 fully saturated rings. The van der Waals surface area contributed by atoms with Crippen LogP contribution in [0.2, 0.25) is 0 Å². The first-order valence-electron chi connectivity index (χ1n) is 6.40. The van der Waals surface area contributed by atoms with E-state index in [1.54, 1.807) is 11.8 Å². The SMILES string of the molecule is Brc1cccc(OCCSc2cc3ccccc3[nH]2)c1. The number of fused-ring (bicyclic) bond motifs is 1. The number of nitrogens with one attached hydrogen (secondary N) is 1. The molecule has 0 saturated heterocycles. The summed E-state index contributed by atoms with van der Waals surface area (Å²) >= 11 is 5.21. The highest BCUT2D eigenvalue weighted by molar-refractivity contribution is 9.10. The van der Waals surface area contributed by atoms with Gasteiger partial charge in [-0.2, -0.15) is 0 Å². The summed E-state index contributed by atoms with van der Waals surface area (Å²) in [5, 5.41) is 2.44. The molecule has 1 aromatic heterocycles. The number of H-pyrrole nitrogens is 1. The second-order valence-corrected chi connectivity index (χ2v) is 6.43. The molecule has 3 rings (SSSR count). The van der Waals surface area contributed by atoms with Gasteiger partial charge in [0.1, 0.15) is 5.75 Å². The van der Waals surface area contributed by atoms with E-state index in [4.69, 9.17) is 4.74 Å². The minimum Gasteiger partial charge on any atom is -0.493 e. The molecule has 3 aromatic rings. The van der Waals surface area contributed by atoms with Gasteiger partial charge in [-0.3, -0.25) is 0 Å². The first kappa shape index (κ1) is 13.6. The largest absolute Gasteiger partial charge is 0.493 e. The molecule has 2 nitrogen and oxygen atoms in total. The van der Waals surface area contributed by atoms with Crippen LogP contribution < -0.4 is 4.74 Å². The van der Waals surface area contributed by atoms with Gasteiger partial charge in [-0.05, 0) is 30.3 Å². The van der Waals surface area contributed by atoms with Crippen molar-refractivity contribution in [2.75, 3.05) is 12.4 Å². The standard InChI is InChI=1S/C16H14BrNOS/c17-13-5-3-6-14(11-13)19-8-9-20-16-10-12-4-1-2-7-15(12)18-16/h1-7,10-11,18H,8-9H2. The second kappa shape index (κ2) is 6.37. The molecular formula is C16H14BrNOS. The van der Waals surface area contributed by atoms with E-state index in [1.165, 1.54) is 15.9 Å². The topological polar surface area (TPSA) is 25.0 Å². The predicted molar refractivity (Wildman–Crippen MR) is 88.7 cm³/mol. The summed E-state index contributed by atoms with van der Waals surface area (Å²) in [4.78, 5) is 3.40. The van der Waals surface area contributed by atoms with Gasteiger partial charge in [-0.25, -0.2) is 0 Å². The summed E-state index contributed by atoms with van der Waals surface area (Å²) in [5.74, 6) is 1.82. The summed E-state index contributed by atoms with van der Waals surface area (Å²) in [7, 11) is 0. The van der Waals surface area contributed by atoms with E-state index in [1.807, 2.05) is 30.3 Å². The monoisotopic (exact) mass is 347 g/mol. The van der Waals surface area contributed by atoms with Crippen molar-refractivity contribution in [3.63, 3.8) is 0 Å². The van der Waals surface area contributed by atoms with E-state index in [0.29, 0.717) is 6.61 Å². The fourth-order valence-corrected chi connectivity index (χ4v) is 3.15. The van der Waals surface area contributed by atoms with Crippen LogP contribution in [0.4, 0.5) is 0 Å². The molecule has 0 unspecified atom stereocenters. The molecule has 0 saturated carbocycles. The summed E-state index contributed by atoms with van der Waals surface area (Å²) in [5.41, 5.74) is 1.18. The Morgan fingerprint density at radius 3 is 2.80 bits per heavy atom. The molecule has 0 radical (unpaired) electrons. The molecule has 1 N–H and O–H groups in total. The zero-order valence-corrected chi connectivity index (χ0v) is 13.2. The lowest BCUT2D eigenvalue weighted by Gasteiger charge is -2.05. The Morgan fingerprint density at radius 1 is 1.05 bits per heavy atom. The first-order valence-corrected chi connectivity index (χ1v) is 8.18. The molecule has 0 aliphatic rings. The maximum Gasteiger partial charge on any atom is 0.120 e. The maximum atomic E-state index is 5.72. The molecular weight excluding hydrogens is 334 g/mol. The third kappa shape index (κ3) is 3.38. The number of ether oxygens (including phenoxy) is 1. The van der Waals surface area contributed by atoms with E-state index in [0.717, 1.165) is 16.0 Å². The molecule has 1 heterocycles. The first-order chi connectivity index (χ1) is 9.81. The number of halogens is 1. The number of hydrogen-bond donors (Lipinski definition) is 1. The quantitative estimate of drug-likeness (QED) is 0.512. The Bertz CT molecular complexity index is 677. The van der Waals surface area contributed by atoms with Gasteiger partial charge in [0.15, 0.2) is 0 Å². The van der Waals surface area contributed by atoms with E-state index < -0.39 is 0 Å². The summed E-state index contributed by atoms with van der Waals surface area (Å²) in [6, 6.07) is 18.4. The van der Waals surface area contributed by atoms with E-state index >= 15 is 0 Å². The zero-order valence-electron chi connectivity index (χ0n) is 10.8. The van der Waals surface area contributed by atoms with Crippen LogP contribution in [0.25, 0.3) is 10.9 Å². The lowest BCUT2D eigenvalue weighted by atomic mass is 10.3. The van der Waals surface area contributed by atoms with E-state index in [2.05, 4.69) is 45.2 Å². The third-order valence-corrected chi connectivity index (χ3v) is 4.31. The van der Waals surface area contributed by atoms with Gasteiger partial charge in [0.25, 0.3) is 0 Å². The van der Waals surface area contributed by atoms with E-state index in [-0.39, 0.29) is 0 Å². The molecule has 20 heavy (non-hydrogen) atoms. The van der Waals surface area contributed by atoms with Crippen molar-refractivity contribution in [2.24, 2.45) is 0 Å². The zero-order chi connectivity index (χ0) is 13.8. The molecule has 0 bridgehead atoms. The van der Waals surface area contributed by atoms with Crippen molar-refractivity contribution < 1.29 is 4.74 Å². The molecule has 102 valence electrons. The normalized spacial score (nSPS) is 10.8. The molecule has 0 aliphatic heterocycles. The smallest absolute Gasteiger partial charge is 0.120 e. The second-order valence-electron chi connectivity index (χ2n) is 4.38. The number of thioether (sulfide) groups is 1. The van der Waals surface area contributed by atoms with Crippen molar-refractivity contribution in [3.05, 3.63) is 59.1 Å². The van der Waals surface area contributed by atoms with Crippen molar-refractivity contribution in [2.45, 2.75) is 5.03 Å². The van der Waals surface area contributed by atoms with Gasteiger partial charge < -0.3 is 9.72 Å². The van der Waals surface area contributed by atoms with Crippen LogP contribution in [0.5, 0.6) is 5.75 Å². The predicted octanol–water partition coefficient (Wildman–Crippen LogP) is 5.10. The average molecular weight is 348 g/mol. The third-order valence-electron chi connectivity index (χ3n) is 2.91. The Labute approximate surface area is 130 Å². The molecule has 0 atom stereocenters. The van der Waals surface area contributed by atoms with Crippen molar-refractivity contribution in [1.82, 2.24) is 4.98 Å². The molecule has 4 heteroatoms. The Hall–Kier alpha value is -1.39. The van der Waals surface area contributed by atoms with Crippen LogP contribution in [0.15, 0.2) is 64.1 Å². The fraction of sp³-hybridized carbons (Fsp3) is 0.125. The molecule has 0 aliphatic carbocycles. The molecule has 0 spiro atoms. The highest BCUT2D eigenvalue weighted by Gasteiger charge is 2.01. The lowest BCUT2D eigenvalue weighted by Crippen LogP contribution is -1.99. The van der Waals surface area contributed by atoms with Gasteiger partial charge in [0, 0.05) is 21.1 Å². The Kier molecular flexibility index (Phi) is 4.33. The summed E-state index contributed by atoms with van der Waals surface area (Å²) in [6.45, 7) is 0.691. The minimum absolute atomic E-state index is 0.691.